The van der Waals surface area contributed by atoms with Crippen molar-refractivity contribution in [2.75, 3.05) is 0 Å². The van der Waals surface area contributed by atoms with Gasteiger partial charge in [0.05, 0.1) is 6.42 Å². The number of hydrogen-bond donors (Lipinski definition) is 1. The first-order valence-electron chi connectivity index (χ1n) is 8.98. The lowest BCUT2D eigenvalue weighted by molar-refractivity contribution is -0.443. The molecule has 0 saturated carbocycles. The molecule has 1 nitrogen and oxygen atoms in total. The highest BCUT2D eigenvalue weighted by Gasteiger charge is 2.91. The quantitative estimate of drug-likeness (QED) is 0.329. The van der Waals surface area contributed by atoms with E-state index in [9.17, 15) is 75.4 Å². The maximum atomic E-state index is 14.2. The first kappa shape index (κ1) is 31.1. The molecule has 0 heterocycles. The van der Waals surface area contributed by atoms with Crippen LogP contribution in [-0.2, 0) is 5.60 Å². The normalized spacial score (nSPS) is 17.0. The van der Waals surface area contributed by atoms with Crippen molar-refractivity contribution in [1.82, 2.24) is 0 Å². The zero-order valence-corrected chi connectivity index (χ0v) is 17.1. The molecule has 35 heavy (non-hydrogen) atoms. The van der Waals surface area contributed by atoms with Gasteiger partial charge in [-0.2, -0.15) is 70.2 Å². The van der Waals surface area contributed by atoms with Crippen LogP contribution >= 0.6 is 0 Å². The van der Waals surface area contributed by atoms with Gasteiger partial charge in [-0.05, 0) is 17.0 Å². The van der Waals surface area contributed by atoms with Gasteiger partial charge < -0.3 is 5.11 Å². The molecular formula is C18H14F16O. The largest absolute Gasteiger partial charge is 0.460 e. The van der Waals surface area contributed by atoms with E-state index < -0.39 is 71.0 Å². The zero-order valence-electron chi connectivity index (χ0n) is 17.1. The van der Waals surface area contributed by atoms with Crippen LogP contribution < -0.4 is 0 Å². The number of alkyl halides is 16. The number of aliphatic hydroxyl groups is 1. The van der Waals surface area contributed by atoms with Crippen LogP contribution in [0.5, 0.6) is 0 Å². The standard InChI is InChI=1S/C18H14F16O/c1-8(2)9-5-3-4-6-10(9)11(35,17(29,30)31)7-12(19,20)13(21,22)14(23,24)15(25,26)16(27,28)18(32,33)34/h3-6,8,35H,7H2,1-2H3. The van der Waals surface area contributed by atoms with Crippen LogP contribution in [0.2, 0.25) is 0 Å². The van der Waals surface area contributed by atoms with Crippen LogP contribution in [0.15, 0.2) is 24.3 Å². The third kappa shape index (κ3) is 4.63. The van der Waals surface area contributed by atoms with Crippen LogP contribution in [0.25, 0.3) is 0 Å². The Labute approximate surface area is 185 Å². The summed E-state index contributed by atoms with van der Waals surface area (Å²) in [6.07, 6.45) is -17.9. The molecular weight excluding hydrogens is 536 g/mol. The van der Waals surface area contributed by atoms with Crippen molar-refractivity contribution in [3.63, 3.8) is 0 Å². The van der Waals surface area contributed by atoms with Crippen molar-refractivity contribution in [3.8, 4) is 0 Å². The molecule has 1 aromatic carbocycles. The molecule has 0 aliphatic rings. The van der Waals surface area contributed by atoms with E-state index in [4.69, 9.17) is 0 Å². The second kappa shape index (κ2) is 8.57. The summed E-state index contributed by atoms with van der Waals surface area (Å²) in [5, 5.41) is 10.0. The van der Waals surface area contributed by atoms with Gasteiger partial charge in [-0.25, -0.2) is 0 Å². The van der Waals surface area contributed by atoms with E-state index in [2.05, 4.69) is 0 Å². The summed E-state index contributed by atoms with van der Waals surface area (Å²) >= 11 is 0. The Bertz CT molecular complexity index is 899. The van der Waals surface area contributed by atoms with E-state index in [1.54, 1.807) is 0 Å². The number of hydrogen-bond acceptors (Lipinski definition) is 1. The molecule has 1 rings (SSSR count). The molecule has 1 N–H and O–H groups in total. The Morgan fingerprint density at radius 1 is 0.600 bits per heavy atom. The van der Waals surface area contributed by atoms with Gasteiger partial charge in [-0.3, -0.25) is 0 Å². The summed E-state index contributed by atoms with van der Waals surface area (Å²) in [5.41, 5.74) is -7.42. The van der Waals surface area contributed by atoms with Gasteiger partial charge in [-0.1, -0.05) is 38.1 Å². The fourth-order valence-corrected chi connectivity index (χ4v) is 2.96. The minimum absolute atomic E-state index is 0.265. The molecule has 0 aliphatic heterocycles. The zero-order chi connectivity index (χ0) is 28.3. The lowest BCUT2D eigenvalue weighted by Gasteiger charge is -2.42. The lowest BCUT2D eigenvalue weighted by Crippen LogP contribution is -2.70. The first-order valence-corrected chi connectivity index (χ1v) is 8.98. The predicted octanol–water partition coefficient (Wildman–Crippen LogP) is 7.69. The smallest absolute Gasteiger partial charge is 0.376 e. The van der Waals surface area contributed by atoms with Gasteiger partial charge >= 0.3 is 42.0 Å². The fraction of sp³-hybridized carbons (Fsp3) is 0.667. The van der Waals surface area contributed by atoms with Gasteiger partial charge in [0.25, 0.3) is 0 Å². The highest BCUT2D eigenvalue weighted by Crippen LogP contribution is 2.62. The van der Waals surface area contributed by atoms with E-state index in [-0.39, 0.29) is 6.07 Å². The minimum atomic E-state index is -8.27. The van der Waals surface area contributed by atoms with Crippen LogP contribution in [-0.4, -0.2) is 47.1 Å². The van der Waals surface area contributed by atoms with Crippen molar-refractivity contribution in [2.45, 2.75) is 73.8 Å². The van der Waals surface area contributed by atoms with Gasteiger partial charge in [-0.15, -0.1) is 0 Å². The Morgan fingerprint density at radius 2 is 1.00 bits per heavy atom. The average molecular weight is 550 g/mol. The van der Waals surface area contributed by atoms with Crippen LogP contribution in [0.1, 0.15) is 37.3 Å². The predicted molar refractivity (Wildman–Crippen MR) is 85.9 cm³/mol. The molecule has 1 aromatic rings. The monoisotopic (exact) mass is 550 g/mol. The molecule has 204 valence electrons. The second-order valence-electron chi connectivity index (χ2n) is 7.78. The third-order valence-corrected chi connectivity index (χ3v) is 4.97. The minimum Gasteiger partial charge on any atom is -0.376 e. The summed E-state index contributed by atoms with van der Waals surface area (Å²) in [5.74, 6) is -40.7. The van der Waals surface area contributed by atoms with Crippen molar-refractivity contribution in [3.05, 3.63) is 35.4 Å². The molecule has 0 radical (unpaired) electrons. The number of rotatable bonds is 8. The highest BCUT2D eigenvalue weighted by atomic mass is 19.4. The van der Waals surface area contributed by atoms with Crippen molar-refractivity contribution >= 4 is 0 Å². The Hall–Kier alpha value is -1.94. The average Bonchev–Trinajstić information content (AvgIpc) is 2.65. The molecule has 0 fully saturated rings. The molecule has 17 heteroatoms. The van der Waals surface area contributed by atoms with E-state index in [1.807, 2.05) is 0 Å². The second-order valence-corrected chi connectivity index (χ2v) is 7.78. The lowest BCUT2D eigenvalue weighted by atomic mass is 9.79. The summed E-state index contributed by atoms with van der Waals surface area (Å²) in [6, 6.07) is 2.71. The highest BCUT2D eigenvalue weighted by molar-refractivity contribution is 5.36. The summed E-state index contributed by atoms with van der Waals surface area (Å²) < 4.78 is 213. The fourth-order valence-electron chi connectivity index (χ4n) is 2.96. The number of halogens is 16. The van der Waals surface area contributed by atoms with Gasteiger partial charge in [0.1, 0.15) is 0 Å². The summed E-state index contributed by atoms with van der Waals surface area (Å²) in [7, 11) is 0. The Morgan fingerprint density at radius 3 is 1.37 bits per heavy atom. The first-order chi connectivity index (χ1) is 15.1. The van der Waals surface area contributed by atoms with Crippen LogP contribution in [0, 0.1) is 0 Å². The van der Waals surface area contributed by atoms with E-state index in [0.717, 1.165) is 26.0 Å². The molecule has 0 aromatic heterocycles. The SMILES string of the molecule is CC(C)c1ccccc1C(O)(CC(F)(F)C(F)(F)C(F)(F)C(F)(F)C(F)(F)C(F)(F)F)C(F)(F)F. The maximum absolute atomic E-state index is 14.2. The molecule has 0 aliphatic carbocycles. The Kier molecular flexibility index (Phi) is 7.62. The third-order valence-electron chi connectivity index (χ3n) is 4.97. The summed E-state index contributed by atoms with van der Waals surface area (Å²) in [6.45, 7) is 2.24. The van der Waals surface area contributed by atoms with Crippen LogP contribution in [0.4, 0.5) is 70.2 Å². The van der Waals surface area contributed by atoms with Gasteiger partial charge in [0.2, 0.25) is 0 Å². The molecule has 1 unspecified atom stereocenters. The van der Waals surface area contributed by atoms with Crippen LogP contribution in [0.3, 0.4) is 0 Å². The maximum Gasteiger partial charge on any atom is 0.460 e. The Balaban J connectivity index is 3.77. The summed E-state index contributed by atoms with van der Waals surface area (Å²) in [4.78, 5) is 0. The number of benzene rings is 1. The molecule has 0 saturated heterocycles. The van der Waals surface area contributed by atoms with E-state index in [1.165, 1.54) is 0 Å². The van der Waals surface area contributed by atoms with Crippen molar-refractivity contribution in [2.24, 2.45) is 0 Å². The van der Waals surface area contributed by atoms with Gasteiger partial charge in [0.15, 0.2) is 5.60 Å². The molecule has 1 atom stereocenters. The molecule has 0 spiro atoms. The topological polar surface area (TPSA) is 20.2 Å². The van der Waals surface area contributed by atoms with E-state index >= 15 is 0 Å². The molecule has 0 amide bonds. The van der Waals surface area contributed by atoms with E-state index in [0.29, 0.717) is 6.07 Å². The van der Waals surface area contributed by atoms with Crippen molar-refractivity contribution in [1.29, 1.82) is 0 Å². The molecule has 0 bridgehead atoms. The van der Waals surface area contributed by atoms with Crippen molar-refractivity contribution < 1.29 is 75.4 Å². The van der Waals surface area contributed by atoms with Gasteiger partial charge in [0, 0.05) is 0 Å².